The Hall–Kier alpha value is -1.64. The van der Waals surface area contributed by atoms with Crippen molar-refractivity contribution in [2.24, 2.45) is 0 Å². The molecular formula is C18H20Cl2N2. The second-order valence-corrected chi connectivity index (χ2v) is 5.04. The number of unbranched alkanes of at least 4 members (excludes halogenated alkanes) is 1. The monoisotopic (exact) mass is 334 g/mol. The molecule has 0 aliphatic carbocycles. The van der Waals surface area contributed by atoms with Gasteiger partial charge in [0.25, 0.3) is 0 Å². The zero-order chi connectivity index (χ0) is 14.8. The third kappa shape index (κ3) is 6.42. The van der Waals surface area contributed by atoms with Crippen molar-refractivity contribution in [3.05, 3.63) is 72.7 Å². The van der Waals surface area contributed by atoms with Crippen molar-refractivity contribution in [3.8, 4) is 0 Å². The molecule has 1 aromatic carbocycles. The maximum absolute atomic E-state index is 5.64. The van der Waals surface area contributed by atoms with Gasteiger partial charge in [-0.3, -0.25) is 9.97 Å². The lowest BCUT2D eigenvalue weighted by Gasteiger charge is -2.01. The van der Waals surface area contributed by atoms with E-state index in [2.05, 4.69) is 34.2 Å². The van der Waals surface area contributed by atoms with E-state index in [4.69, 9.17) is 11.6 Å². The fourth-order valence-electron chi connectivity index (χ4n) is 1.96. The van der Waals surface area contributed by atoms with Crippen molar-refractivity contribution in [3.63, 3.8) is 0 Å². The number of benzene rings is 1. The first kappa shape index (κ1) is 18.4. The molecule has 116 valence electrons. The number of hydrogen-bond acceptors (Lipinski definition) is 2. The van der Waals surface area contributed by atoms with Gasteiger partial charge in [-0.15, -0.1) is 24.0 Å². The summed E-state index contributed by atoms with van der Waals surface area (Å²) in [6.45, 7) is 0. The van der Waals surface area contributed by atoms with Gasteiger partial charge in [-0.25, -0.2) is 0 Å². The number of aryl methyl sites for hydroxylation is 1. The summed E-state index contributed by atoms with van der Waals surface area (Å²) < 4.78 is 0. The Balaban J connectivity index is 0.000000293. The molecule has 3 aromatic rings. The molecule has 0 saturated heterocycles. The number of fused-ring (bicyclic) bond motifs is 1. The fraction of sp³-hybridized carbons (Fsp3) is 0.222. The molecule has 0 unspecified atom stereocenters. The number of pyridine rings is 2. The normalized spacial score (nSPS) is 9.50. The van der Waals surface area contributed by atoms with Crippen molar-refractivity contribution in [2.75, 3.05) is 5.88 Å². The maximum atomic E-state index is 5.64. The van der Waals surface area contributed by atoms with E-state index in [1.165, 1.54) is 11.1 Å². The molecule has 0 radical (unpaired) electrons. The van der Waals surface area contributed by atoms with Gasteiger partial charge in [0.05, 0.1) is 5.52 Å². The summed E-state index contributed by atoms with van der Waals surface area (Å²) in [6, 6.07) is 18.2. The molecule has 0 amide bonds. The number of para-hydroxylation sites is 1. The highest BCUT2D eigenvalue weighted by molar-refractivity contribution is 6.17. The lowest BCUT2D eigenvalue weighted by Crippen LogP contribution is -1.91. The topological polar surface area (TPSA) is 25.8 Å². The molecule has 0 atom stereocenters. The van der Waals surface area contributed by atoms with E-state index in [0.29, 0.717) is 0 Å². The summed E-state index contributed by atoms with van der Waals surface area (Å²) >= 11 is 5.64. The molecule has 0 aliphatic heterocycles. The van der Waals surface area contributed by atoms with Crippen LogP contribution in [-0.4, -0.2) is 15.8 Å². The lowest BCUT2D eigenvalue weighted by atomic mass is 10.1. The highest BCUT2D eigenvalue weighted by Crippen LogP contribution is 2.13. The van der Waals surface area contributed by atoms with Crippen LogP contribution in [0.4, 0.5) is 0 Å². The van der Waals surface area contributed by atoms with Crippen molar-refractivity contribution in [2.45, 2.75) is 19.3 Å². The van der Waals surface area contributed by atoms with Gasteiger partial charge in [0.1, 0.15) is 0 Å². The number of alkyl halides is 1. The smallest absolute Gasteiger partial charge is 0.0705 e. The van der Waals surface area contributed by atoms with Crippen molar-refractivity contribution >= 4 is 34.9 Å². The zero-order valence-corrected chi connectivity index (χ0v) is 13.9. The van der Waals surface area contributed by atoms with E-state index in [-0.39, 0.29) is 12.4 Å². The number of aromatic nitrogens is 2. The predicted octanol–water partition coefficient (Wildman–Crippen LogP) is 5.30. The molecule has 0 aliphatic rings. The highest BCUT2D eigenvalue weighted by Gasteiger charge is 1.97. The standard InChI is InChI=1S/C13H14ClN.C5H5N.ClH/c14-10-4-3-6-12-9-8-11-5-1-2-7-13(11)15-12;1-2-4-6-5-3-1;/h1-2,5,7-9H,3-4,6,10H2;1-5H;1H. The molecular weight excluding hydrogens is 315 g/mol. The highest BCUT2D eigenvalue weighted by atomic mass is 35.5. The van der Waals surface area contributed by atoms with Crippen LogP contribution in [0.2, 0.25) is 0 Å². The molecule has 4 heteroatoms. The molecule has 0 N–H and O–H groups in total. The SMILES string of the molecule is Cl.ClCCCCc1ccc2ccccc2n1.c1ccncc1. The second kappa shape index (κ2) is 11.0. The third-order valence-corrected chi connectivity index (χ3v) is 3.31. The van der Waals surface area contributed by atoms with Gasteiger partial charge in [-0.1, -0.05) is 30.3 Å². The van der Waals surface area contributed by atoms with Gasteiger partial charge in [-0.05, 0) is 43.5 Å². The van der Waals surface area contributed by atoms with E-state index in [0.717, 1.165) is 30.7 Å². The van der Waals surface area contributed by atoms with Gasteiger partial charge >= 0.3 is 0 Å². The van der Waals surface area contributed by atoms with Gasteiger partial charge in [-0.2, -0.15) is 0 Å². The van der Waals surface area contributed by atoms with Crippen LogP contribution in [0.25, 0.3) is 10.9 Å². The number of halogens is 2. The largest absolute Gasteiger partial charge is 0.265 e. The van der Waals surface area contributed by atoms with E-state index >= 15 is 0 Å². The van der Waals surface area contributed by atoms with Crippen molar-refractivity contribution < 1.29 is 0 Å². The maximum Gasteiger partial charge on any atom is 0.0705 e. The van der Waals surface area contributed by atoms with Gasteiger partial charge in [0.15, 0.2) is 0 Å². The van der Waals surface area contributed by atoms with Crippen LogP contribution in [-0.2, 0) is 6.42 Å². The Kier molecular flexibility index (Phi) is 9.20. The minimum atomic E-state index is 0. The van der Waals surface area contributed by atoms with Crippen LogP contribution in [0.3, 0.4) is 0 Å². The van der Waals surface area contributed by atoms with Gasteiger partial charge < -0.3 is 0 Å². The van der Waals surface area contributed by atoms with Crippen LogP contribution in [0.1, 0.15) is 18.5 Å². The minimum absolute atomic E-state index is 0. The third-order valence-electron chi connectivity index (χ3n) is 3.04. The number of hydrogen-bond donors (Lipinski definition) is 0. The average molecular weight is 335 g/mol. The van der Waals surface area contributed by atoms with Crippen LogP contribution in [0.15, 0.2) is 67.0 Å². The molecule has 0 saturated carbocycles. The van der Waals surface area contributed by atoms with E-state index in [9.17, 15) is 0 Å². The lowest BCUT2D eigenvalue weighted by molar-refractivity contribution is 0.784. The van der Waals surface area contributed by atoms with E-state index in [1.54, 1.807) is 12.4 Å². The summed E-state index contributed by atoms with van der Waals surface area (Å²) in [7, 11) is 0. The first-order valence-electron chi connectivity index (χ1n) is 7.16. The zero-order valence-electron chi connectivity index (χ0n) is 12.4. The van der Waals surface area contributed by atoms with Gasteiger partial charge in [0, 0.05) is 29.4 Å². The van der Waals surface area contributed by atoms with Gasteiger partial charge in [0.2, 0.25) is 0 Å². The first-order valence-corrected chi connectivity index (χ1v) is 7.69. The quantitative estimate of drug-likeness (QED) is 0.478. The molecule has 2 nitrogen and oxygen atoms in total. The van der Waals surface area contributed by atoms with Crippen molar-refractivity contribution in [1.29, 1.82) is 0 Å². The Morgan fingerprint density at radius 3 is 2.23 bits per heavy atom. The Bertz CT molecular complexity index is 618. The van der Waals surface area contributed by atoms with Crippen LogP contribution in [0.5, 0.6) is 0 Å². The fourth-order valence-corrected chi connectivity index (χ4v) is 2.15. The number of rotatable bonds is 4. The predicted molar refractivity (Wildman–Crippen MR) is 96.9 cm³/mol. The van der Waals surface area contributed by atoms with Crippen molar-refractivity contribution in [1.82, 2.24) is 9.97 Å². The number of nitrogens with zero attached hydrogens (tertiary/aromatic N) is 2. The molecule has 2 aromatic heterocycles. The van der Waals surface area contributed by atoms with Crippen LogP contribution in [0, 0.1) is 0 Å². The first-order chi connectivity index (χ1) is 10.4. The van der Waals surface area contributed by atoms with Crippen LogP contribution >= 0.6 is 24.0 Å². The summed E-state index contributed by atoms with van der Waals surface area (Å²) in [5.74, 6) is 0.744. The summed E-state index contributed by atoms with van der Waals surface area (Å²) in [6.07, 6.45) is 6.71. The molecule has 22 heavy (non-hydrogen) atoms. The Morgan fingerprint density at radius 1 is 0.818 bits per heavy atom. The summed E-state index contributed by atoms with van der Waals surface area (Å²) in [5, 5.41) is 1.21. The Labute approximate surface area is 143 Å². The molecule has 0 spiro atoms. The molecule has 0 fully saturated rings. The van der Waals surface area contributed by atoms with E-state index in [1.807, 2.05) is 30.3 Å². The van der Waals surface area contributed by atoms with Crippen LogP contribution < -0.4 is 0 Å². The summed E-state index contributed by atoms with van der Waals surface area (Å²) in [5.41, 5.74) is 2.25. The molecule has 3 rings (SSSR count). The minimum Gasteiger partial charge on any atom is -0.265 e. The molecule has 2 heterocycles. The van der Waals surface area contributed by atoms with E-state index < -0.39 is 0 Å². The second-order valence-electron chi connectivity index (χ2n) is 4.67. The Morgan fingerprint density at radius 2 is 1.59 bits per heavy atom. The average Bonchev–Trinajstić information content (AvgIpc) is 2.57. The molecule has 0 bridgehead atoms. The summed E-state index contributed by atoms with van der Waals surface area (Å²) in [4.78, 5) is 8.39.